The Balaban J connectivity index is 2.06. The van der Waals surface area contributed by atoms with E-state index < -0.39 is 36.4 Å². The third kappa shape index (κ3) is 1.63. The molecule has 0 unspecified atom stereocenters. The molecule has 1 aliphatic carbocycles. The second-order valence-corrected chi connectivity index (χ2v) is 5.03. The van der Waals surface area contributed by atoms with Crippen molar-refractivity contribution in [3.63, 3.8) is 0 Å². The predicted molar refractivity (Wildman–Crippen MR) is 67.7 cm³/mol. The molecule has 0 aromatic carbocycles. The molecule has 0 aliphatic heterocycles. The zero-order valence-corrected chi connectivity index (χ0v) is 10.5. The lowest BCUT2D eigenvalue weighted by atomic mass is 9.67. The number of aromatic nitrogens is 4. The number of imidazole rings is 1. The molecular formula is C11H14FN5O3. The third-order valence-electron chi connectivity index (χ3n) is 3.94. The number of nitrogens with two attached hydrogens (primary N) is 1. The summed E-state index contributed by atoms with van der Waals surface area (Å²) in [6, 6.07) is -0.421. The molecule has 20 heavy (non-hydrogen) atoms. The van der Waals surface area contributed by atoms with Gasteiger partial charge in [0.1, 0.15) is 5.67 Å². The fourth-order valence-electron chi connectivity index (χ4n) is 2.77. The minimum atomic E-state index is -1.82. The van der Waals surface area contributed by atoms with Crippen LogP contribution in [0.4, 0.5) is 10.3 Å². The van der Waals surface area contributed by atoms with E-state index in [1.165, 1.54) is 10.9 Å². The van der Waals surface area contributed by atoms with Gasteiger partial charge in [0.05, 0.1) is 19.5 Å². The monoisotopic (exact) mass is 283 g/mol. The molecule has 2 aromatic heterocycles. The van der Waals surface area contributed by atoms with Gasteiger partial charge in [0.15, 0.2) is 11.2 Å². The Morgan fingerprint density at radius 3 is 3.00 bits per heavy atom. The molecule has 108 valence electrons. The van der Waals surface area contributed by atoms with Crippen LogP contribution in [0.3, 0.4) is 0 Å². The number of halogens is 1. The lowest BCUT2D eigenvalue weighted by molar-refractivity contribution is -0.116. The van der Waals surface area contributed by atoms with E-state index in [0.717, 1.165) is 0 Å². The van der Waals surface area contributed by atoms with Crippen LogP contribution in [0.25, 0.3) is 11.2 Å². The largest absolute Gasteiger partial charge is 0.396 e. The average molecular weight is 283 g/mol. The van der Waals surface area contributed by atoms with Gasteiger partial charge in [0.2, 0.25) is 5.95 Å². The minimum Gasteiger partial charge on any atom is -0.396 e. The number of rotatable bonds is 3. The van der Waals surface area contributed by atoms with Crippen molar-refractivity contribution in [3.05, 3.63) is 16.7 Å². The van der Waals surface area contributed by atoms with Crippen molar-refractivity contribution in [1.82, 2.24) is 19.5 Å². The van der Waals surface area contributed by atoms with Gasteiger partial charge in [0.25, 0.3) is 5.56 Å². The molecule has 3 rings (SSSR count). The van der Waals surface area contributed by atoms with Crippen LogP contribution < -0.4 is 11.3 Å². The van der Waals surface area contributed by atoms with Crippen LogP contribution in [0.15, 0.2) is 11.1 Å². The number of alkyl halides is 1. The molecule has 0 amide bonds. The number of nitrogens with zero attached hydrogens (tertiary/aromatic N) is 3. The Labute approximate surface area is 112 Å². The number of anilines is 1. The quantitative estimate of drug-likeness (QED) is 0.569. The SMILES string of the molecule is Nc1nc2c(ncn2[C@@H]2C[C@](F)(CO)[C@H]2CO)c(=O)[nH]1. The lowest BCUT2D eigenvalue weighted by Crippen LogP contribution is -2.55. The molecule has 3 atom stereocenters. The van der Waals surface area contributed by atoms with Crippen LogP contribution in [-0.2, 0) is 0 Å². The van der Waals surface area contributed by atoms with Crippen molar-refractivity contribution in [2.45, 2.75) is 18.1 Å². The van der Waals surface area contributed by atoms with Crippen LogP contribution >= 0.6 is 0 Å². The first kappa shape index (κ1) is 13.0. The van der Waals surface area contributed by atoms with Gasteiger partial charge in [-0.3, -0.25) is 9.78 Å². The highest BCUT2D eigenvalue weighted by Gasteiger charge is 2.55. The van der Waals surface area contributed by atoms with E-state index in [1.807, 2.05) is 0 Å². The number of nitrogens with one attached hydrogen (secondary N) is 1. The van der Waals surface area contributed by atoms with Crippen LogP contribution in [-0.4, -0.2) is 48.6 Å². The highest BCUT2D eigenvalue weighted by atomic mass is 19.1. The van der Waals surface area contributed by atoms with Gasteiger partial charge in [0, 0.05) is 18.4 Å². The van der Waals surface area contributed by atoms with Gasteiger partial charge in [-0.25, -0.2) is 9.37 Å². The Morgan fingerprint density at radius 2 is 2.35 bits per heavy atom. The maximum Gasteiger partial charge on any atom is 0.280 e. The van der Waals surface area contributed by atoms with Gasteiger partial charge in [-0.1, -0.05) is 0 Å². The molecule has 8 nitrogen and oxygen atoms in total. The summed E-state index contributed by atoms with van der Waals surface area (Å²) in [7, 11) is 0. The van der Waals surface area contributed by atoms with Gasteiger partial charge in [-0.15, -0.1) is 0 Å². The number of H-pyrrole nitrogens is 1. The topological polar surface area (TPSA) is 130 Å². The molecule has 0 spiro atoms. The van der Waals surface area contributed by atoms with Gasteiger partial charge < -0.3 is 20.5 Å². The summed E-state index contributed by atoms with van der Waals surface area (Å²) in [6.07, 6.45) is 1.39. The molecule has 0 radical (unpaired) electrons. The van der Waals surface area contributed by atoms with Crippen LogP contribution in [0.2, 0.25) is 0 Å². The molecule has 9 heteroatoms. The van der Waals surface area contributed by atoms with E-state index in [4.69, 9.17) is 10.8 Å². The second kappa shape index (κ2) is 4.25. The average Bonchev–Trinajstić information content (AvgIpc) is 2.79. The van der Waals surface area contributed by atoms with Gasteiger partial charge in [-0.05, 0) is 0 Å². The predicted octanol–water partition coefficient (Wildman–Crippen LogP) is -1.04. The highest BCUT2D eigenvalue weighted by Crippen LogP contribution is 2.50. The molecule has 5 N–H and O–H groups in total. The number of aliphatic hydroxyl groups is 2. The number of nitrogen functional groups attached to an aromatic ring is 1. The minimum absolute atomic E-state index is 0.0224. The second-order valence-electron chi connectivity index (χ2n) is 5.03. The summed E-state index contributed by atoms with van der Waals surface area (Å²) in [6.45, 7) is -1.07. The van der Waals surface area contributed by atoms with Gasteiger partial charge in [-0.2, -0.15) is 4.98 Å². The Bertz CT molecular complexity index is 714. The number of aliphatic hydroxyl groups excluding tert-OH is 2. The van der Waals surface area contributed by atoms with Crippen molar-refractivity contribution in [1.29, 1.82) is 0 Å². The molecule has 0 bridgehead atoms. The lowest BCUT2D eigenvalue weighted by Gasteiger charge is -2.48. The van der Waals surface area contributed by atoms with Crippen molar-refractivity contribution in [3.8, 4) is 0 Å². The van der Waals surface area contributed by atoms with Crippen LogP contribution in [0.1, 0.15) is 12.5 Å². The molecule has 2 heterocycles. The first-order valence-electron chi connectivity index (χ1n) is 6.13. The molecule has 1 aliphatic rings. The molecule has 0 saturated heterocycles. The number of hydrogen-bond acceptors (Lipinski definition) is 6. The molecule has 2 aromatic rings. The normalized spacial score (nSPS) is 29.6. The summed E-state index contributed by atoms with van der Waals surface area (Å²) in [5.74, 6) is -0.829. The fraction of sp³-hybridized carbons (Fsp3) is 0.545. The van der Waals surface area contributed by atoms with Crippen molar-refractivity contribution < 1.29 is 14.6 Å². The van der Waals surface area contributed by atoms with Crippen molar-refractivity contribution in [2.24, 2.45) is 5.92 Å². The van der Waals surface area contributed by atoms with E-state index >= 15 is 0 Å². The zero-order valence-electron chi connectivity index (χ0n) is 10.5. The fourth-order valence-corrected chi connectivity index (χ4v) is 2.77. The summed E-state index contributed by atoms with van der Waals surface area (Å²) in [4.78, 5) is 21.9. The third-order valence-corrected chi connectivity index (χ3v) is 3.94. The number of hydrogen-bond donors (Lipinski definition) is 4. The molecular weight excluding hydrogens is 269 g/mol. The Morgan fingerprint density at radius 1 is 1.60 bits per heavy atom. The van der Waals surface area contributed by atoms with E-state index in [0.29, 0.717) is 0 Å². The van der Waals surface area contributed by atoms with E-state index in [-0.39, 0.29) is 23.5 Å². The van der Waals surface area contributed by atoms with Crippen molar-refractivity contribution in [2.75, 3.05) is 18.9 Å². The molecule has 1 saturated carbocycles. The highest BCUT2D eigenvalue weighted by molar-refractivity contribution is 5.70. The van der Waals surface area contributed by atoms with E-state index in [2.05, 4.69) is 15.0 Å². The Kier molecular flexibility index (Phi) is 2.76. The summed E-state index contributed by atoms with van der Waals surface area (Å²) in [5, 5.41) is 18.4. The maximum atomic E-state index is 14.1. The van der Waals surface area contributed by atoms with Crippen molar-refractivity contribution >= 4 is 17.1 Å². The summed E-state index contributed by atoms with van der Waals surface area (Å²) in [5.41, 5.74) is 3.55. The first-order valence-corrected chi connectivity index (χ1v) is 6.13. The zero-order chi connectivity index (χ0) is 14.5. The number of fused-ring (bicyclic) bond motifs is 1. The first-order chi connectivity index (χ1) is 9.50. The molecule has 1 fully saturated rings. The maximum absolute atomic E-state index is 14.1. The van der Waals surface area contributed by atoms with Crippen LogP contribution in [0, 0.1) is 5.92 Å². The standard InChI is InChI=1S/C11H14FN5O3/c12-11(3-19)1-6(5(11)2-18)17-4-14-7-8(17)15-10(13)16-9(7)20/h4-6,18-19H,1-3H2,(H3,13,15,16,20)/t5-,6+,11-/m0/s1. The van der Waals surface area contributed by atoms with Gasteiger partial charge >= 0.3 is 0 Å². The summed E-state index contributed by atoms with van der Waals surface area (Å²) >= 11 is 0. The van der Waals surface area contributed by atoms with E-state index in [1.54, 1.807) is 0 Å². The van der Waals surface area contributed by atoms with E-state index in [9.17, 15) is 14.3 Å². The smallest absolute Gasteiger partial charge is 0.280 e. The summed E-state index contributed by atoms with van der Waals surface area (Å²) < 4.78 is 15.7. The Hall–Kier alpha value is -2.00. The number of aromatic amines is 1. The van der Waals surface area contributed by atoms with Crippen LogP contribution in [0.5, 0.6) is 0 Å².